The van der Waals surface area contributed by atoms with E-state index in [0.717, 1.165) is 0 Å². The molecule has 0 atom stereocenters. The number of aryl methyl sites for hydroxylation is 1. The molecule has 0 bridgehead atoms. The molecule has 1 aromatic heterocycles. The molecule has 100 valence electrons. The first-order valence-corrected chi connectivity index (χ1v) is 6.45. The van der Waals surface area contributed by atoms with Gasteiger partial charge in [-0.2, -0.15) is 0 Å². The summed E-state index contributed by atoms with van der Waals surface area (Å²) in [6.07, 6.45) is 6.39. The topological polar surface area (TPSA) is 3.88 Å². The first-order chi connectivity index (χ1) is 9.34. The number of pyridine rings is 1. The molecule has 0 aliphatic carbocycles. The molecule has 0 amide bonds. The number of fused-ring (bicyclic) bond motifs is 1. The number of rotatable bonds is 2. The Morgan fingerprint density at radius 3 is 2.40 bits per heavy atom. The van der Waals surface area contributed by atoms with Crippen molar-refractivity contribution >= 4 is 22.9 Å². The molecular formula is C18H16IN. The Morgan fingerprint density at radius 1 is 0.800 bits per heavy atom. The first kappa shape index (κ1) is 14.7. The number of halogens is 1. The van der Waals surface area contributed by atoms with E-state index in [0.29, 0.717) is 0 Å². The van der Waals surface area contributed by atoms with Crippen LogP contribution >= 0.6 is 0 Å². The molecule has 1 nitrogen and oxygen atoms in total. The van der Waals surface area contributed by atoms with Gasteiger partial charge in [0, 0.05) is 18.2 Å². The Labute approximate surface area is 136 Å². The quantitative estimate of drug-likeness (QED) is 0.463. The molecule has 0 spiro atoms. The summed E-state index contributed by atoms with van der Waals surface area (Å²) in [6, 6.07) is 21.1. The lowest BCUT2D eigenvalue weighted by molar-refractivity contribution is -0.673. The van der Waals surface area contributed by atoms with Crippen molar-refractivity contribution in [2.24, 2.45) is 7.05 Å². The van der Waals surface area contributed by atoms with Crippen molar-refractivity contribution < 1.29 is 28.5 Å². The van der Waals surface area contributed by atoms with Crippen LogP contribution in [0.1, 0.15) is 11.3 Å². The largest absolute Gasteiger partial charge is 1.00 e. The normalized spacial score (nSPS) is 10.7. The highest BCUT2D eigenvalue weighted by atomic mass is 127. The minimum absolute atomic E-state index is 0. The minimum Gasteiger partial charge on any atom is -1.00 e. The van der Waals surface area contributed by atoms with E-state index in [9.17, 15) is 0 Å². The molecule has 0 saturated carbocycles. The van der Waals surface area contributed by atoms with Crippen LogP contribution < -0.4 is 28.5 Å². The summed E-state index contributed by atoms with van der Waals surface area (Å²) in [5.41, 5.74) is 2.44. The molecule has 0 saturated heterocycles. The lowest BCUT2D eigenvalue weighted by atomic mass is 10.0. The molecule has 2 heteroatoms. The second-order valence-electron chi connectivity index (χ2n) is 4.64. The summed E-state index contributed by atoms with van der Waals surface area (Å²) >= 11 is 0. The van der Waals surface area contributed by atoms with Crippen molar-refractivity contribution in [2.45, 2.75) is 0 Å². The van der Waals surface area contributed by atoms with Gasteiger partial charge in [0.2, 0.25) is 5.69 Å². The third kappa shape index (κ3) is 3.07. The summed E-state index contributed by atoms with van der Waals surface area (Å²) in [6.45, 7) is 0. The molecule has 1 heterocycles. The highest BCUT2D eigenvalue weighted by Gasteiger charge is 2.00. The fourth-order valence-corrected chi connectivity index (χ4v) is 2.28. The van der Waals surface area contributed by atoms with Gasteiger partial charge in [-0.15, -0.1) is 0 Å². The van der Waals surface area contributed by atoms with Gasteiger partial charge in [-0.3, -0.25) is 0 Å². The summed E-state index contributed by atoms with van der Waals surface area (Å²) in [7, 11) is 2.06. The molecule has 3 aromatic rings. The van der Waals surface area contributed by atoms with Gasteiger partial charge in [-0.25, -0.2) is 4.57 Å². The van der Waals surface area contributed by atoms with E-state index in [2.05, 4.69) is 84.6 Å². The Bertz CT molecular complexity index is 742. The van der Waals surface area contributed by atoms with E-state index >= 15 is 0 Å². The van der Waals surface area contributed by atoms with Crippen LogP contribution in [0.15, 0.2) is 66.9 Å². The number of hydrogen-bond donors (Lipinski definition) is 0. The molecule has 0 aliphatic heterocycles. The lowest BCUT2D eigenvalue weighted by Crippen LogP contribution is -3.00. The SMILES string of the molecule is C[n+]1ccccc1/C=C/c1cccc2ccccc12.[I-]. The van der Waals surface area contributed by atoms with Crippen LogP contribution in [0.3, 0.4) is 0 Å². The summed E-state index contributed by atoms with van der Waals surface area (Å²) in [4.78, 5) is 0. The minimum atomic E-state index is 0. The fraction of sp³-hybridized carbons (Fsp3) is 0.0556. The van der Waals surface area contributed by atoms with E-state index in [4.69, 9.17) is 0 Å². The third-order valence-electron chi connectivity index (χ3n) is 3.35. The molecule has 0 radical (unpaired) electrons. The van der Waals surface area contributed by atoms with E-state index in [-0.39, 0.29) is 24.0 Å². The first-order valence-electron chi connectivity index (χ1n) is 6.45. The second kappa shape index (κ2) is 6.66. The summed E-state index contributed by atoms with van der Waals surface area (Å²) < 4.78 is 2.11. The highest BCUT2D eigenvalue weighted by Crippen LogP contribution is 2.20. The number of aromatic nitrogens is 1. The van der Waals surface area contributed by atoms with Crippen molar-refractivity contribution in [1.29, 1.82) is 0 Å². The standard InChI is InChI=1S/C18H16N.HI/c1-19-14-5-4-10-17(19)13-12-16-9-6-8-15-7-2-3-11-18(15)16;/h2-14H,1H3;1H/q+1;/p-1/b13-12+;. The average Bonchev–Trinajstić information content (AvgIpc) is 2.46. The maximum absolute atomic E-state index is 2.18. The van der Waals surface area contributed by atoms with E-state index in [1.165, 1.54) is 22.0 Å². The van der Waals surface area contributed by atoms with Crippen molar-refractivity contribution in [3.63, 3.8) is 0 Å². The predicted molar refractivity (Wildman–Crippen MR) is 80.5 cm³/mol. The van der Waals surface area contributed by atoms with Gasteiger partial charge in [0.15, 0.2) is 6.20 Å². The zero-order chi connectivity index (χ0) is 13.1. The molecule has 3 rings (SSSR count). The average molecular weight is 373 g/mol. The van der Waals surface area contributed by atoms with Gasteiger partial charge in [0.25, 0.3) is 0 Å². The number of benzene rings is 2. The fourth-order valence-electron chi connectivity index (χ4n) is 2.28. The lowest BCUT2D eigenvalue weighted by Gasteiger charge is -2.01. The van der Waals surface area contributed by atoms with Crippen LogP contribution in [0, 0.1) is 0 Å². The molecule has 0 unspecified atom stereocenters. The van der Waals surface area contributed by atoms with E-state index in [1.807, 2.05) is 6.07 Å². The molecule has 20 heavy (non-hydrogen) atoms. The zero-order valence-corrected chi connectivity index (χ0v) is 13.5. The smallest absolute Gasteiger partial charge is 0.204 e. The van der Waals surface area contributed by atoms with Gasteiger partial charge in [-0.05, 0) is 28.5 Å². The van der Waals surface area contributed by atoms with Gasteiger partial charge in [0.05, 0.1) is 0 Å². The number of hydrogen-bond acceptors (Lipinski definition) is 0. The van der Waals surface area contributed by atoms with Gasteiger partial charge >= 0.3 is 0 Å². The molecule has 0 fully saturated rings. The molecule has 2 aromatic carbocycles. The Morgan fingerprint density at radius 2 is 1.55 bits per heavy atom. The van der Waals surface area contributed by atoms with Crippen LogP contribution in [0.2, 0.25) is 0 Å². The maximum atomic E-state index is 2.18. The van der Waals surface area contributed by atoms with Crippen LogP contribution in [0.25, 0.3) is 22.9 Å². The Hall–Kier alpha value is -1.68. The zero-order valence-electron chi connectivity index (χ0n) is 11.3. The van der Waals surface area contributed by atoms with E-state index < -0.39 is 0 Å². The monoisotopic (exact) mass is 373 g/mol. The third-order valence-corrected chi connectivity index (χ3v) is 3.35. The predicted octanol–water partition coefficient (Wildman–Crippen LogP) is 0.839. The van der Waals surface area contributed by atoms with Crippen LogP contribution in [-0.4, -0.2) is 0 Å². The van der Waals surface area contributed by atoms with Crippen LogP contribution in [0.4, 0.5) is 0 Å². The molecule has 0 aliphatic rings. The summed E-state index contributed by atoms with van der Waals surface area (Å²) in [5.74, 6) is 0. The molecular weight excluding hydrogens is 357 g/mol. The van der Waals surface area contributed by atoms with Crippen molar-refractivity contribution in [3.8, 4) is 0 Å². The Kier molecular flexibility index (Phi) is 4.90. The van der Waals surface area contributed by atoms with Gasteiger partial charge < -0.3 is 24.0 Å². The summed E-state index contributed by atoms with van der Waals surface area (Å²) in [5, 5.41) is 2.57. The van der Waals surface area contributed by atoms with Crippen molar-refractivity contribution in [2.75, 3.05) is 0 Å². The van der Waals surface area contributed by atoms with Gasteiger partial charge in [-0.1, -0.05) is 42.5 Å². The molecule has 0 N–H and O–H groups in total. The van der Waals surface area contributed by atoms with E-state index in [1.54, 1.807) is 0 Å². The number of nitrogens with zero attached hydrogens (tertiary/aromatic N) is 1. The van der Waals surface area contributed by atoms with Crippen molar-refractivity contribution in [3.05, 3.63) is 78.1 Å². The van der Waals surface area contributed by atoms with Crippen LogP contribution in [-0.2, 0) is 7.05 Å². The van der Waals surface area contributed by atoms with Crippen LogP contribution in [0.5, 0.6) is 0 Å². The second-order valence-corrected chi connectivity index (χ2v) is 4.64. The van der Waals surface area contributed by atoms with Gasteiger partial charge in [0.1, 0.15) is 7.05 Å². The maximum Gasteiger partial charge on any atom is 0.204 e. The highest BCUT2D eigenvalue weighted by molar-refractivity contribution is 5.92. The van der Waals surface area contributed by atoms with Crippen molar-refractivity contribution in [1.82, 2.24) is 0 Å². The Balaban J connectivity index is 0.00000147.